The van der Waals surface area contributed by atoms with Crippen molar-refractivity contribution < 1.29 is 19.1 Å². The number of ether oxygens (including phenoxy) is 2. The summed E-state index contributed by atoms with van der Waals surface area (Å²) in [7, 11) is 0. The number of anilines is 1. The Morgan fingerprint density at radius 2 is 1.73 bits per heavy atom. The van der Waals surface area contributed by atoms with Crippen molar-refractivity contribution in [3.05, 3.63) is 59.7 Å². The van der Waals surface area contributed by atoms with Gasteiger partial charge in [-0.05, 0) is 48.2 Å². The molecule has 0 unspecified atom stereocenters. The van der Waals surface area contributed by atoms with Gasteiger partial charge in [0.2, 0.25) is 0 Å². The smallest absolute Gasteiger partial charge is 0.338 e. The molecular formula is C21H25NO4. The molecule has 5 heteroatoms. The summed E-state index contributed by atoms with van der Waals surface area (Å²) in [4.78, 5) is 24.1. The molecule has 1 amide bonds. The van der Waals surface area contributed by atoms with E-state index in [9.17, 15) is 9.59 Å². The number of nitrogens with one attached hydrogen (secondary N) is 1. The van der Waals surface area contributed by atoms with Crippen molar-refractivity contribution in [3.8, 4) is 5.75 Å². The van der Waals surface area contributed by atoms with Crippen molar-refractivity contribution >= 4 is 17.6 Å². The van der Waals surface area contributed by atoms with Crippen molar-refractivity contribution in [2.24, 2.45) is 0 Å². The summed E-state index contributed by atoms with van der Waals surface area (Å²) >= 11 is 0. The second-order valence-electron chi connectivity index (χ2n) is 6.24. The van der Waals surface area contributed by atoms with E-state index in [0.717, 1.165) is 17.7 Å². The Labute approximate surface area is 154 Å². The lowest BCUT2D eigenvalue weighted by molar-refractivity contribution is -0.119. The second kappa shape index (κ2) is 9.61. The number of para-hydroxylation sites is 1. The third kappa shape index (κ3) is 5.62. The van der Waals surface area contributed by atoms with Crippen LogP contribution < -0.4 is 10.1 Å². The maximum atomic E-state index is 12.1. The zero-order valence-electron chi connectivity index (χ0n) is 15.5. The Hall–Kier alpha value is -2.82. The maximum absolute atomic E-state index is 12.1. The number of carbonyl (C=O) groups is 2. The molecule has 2 rings (SSSR count). The van der Waals surface area contributed by atoms with Gasteiger partial charge in [-0.1, -0.05) is 39.0 Å². The van der Waals surface area contributed by atoms with Crippen molar-refractivity contribution in [1.82, 2.24) is 0 Å². The van der Waals surface area contributed by atoms with Gasteiger partial charge in [0.15, 0.2) is 6.61 Å². The predicted octanol–water partition coefficient (Wildman–Crippen LogP) is 4.39. The lowest BCUT2D eigenvalue weighted by Gasteiger charge is -2.13. The average Bonchev–Trinajstić information content (AvgIpc) is 2.65. The largest absolute Gasteiger partial charge is 0.494 e. The molecule has 0 bridgehead atoms. The summed E-state index contributed by atoms with van der Waals surface area (Å²) < 4.78 is 10.6. The summed E-state index contributed by atoms with van der Waals surface area (Å²) in [6.45, 7) is 6.43. The number of carbonyl (C=O) groups excluding carboxylic acids is 2. The SMILES string of the molecule is CCCOc1ccc(C(=O)OCC(=O)Nc2ccccc2C(C)C)cc1. The van der Waals surface area contributed by atoms with E-state index in [0.29, 0.717) is 17.9 Å². The van der Waals surface area contributed by atoms with Crippen LogP contribution in [0.15, 0.2) is 48.5 Å². The first-order valence-corrected chi connectivity index (χ1v) is 8.80. The summed E-state index contributed by atoms with van der Waals surface area (Å²) in [5.74, 6) is 0.0719. The minimum absolute atomic E-state index is 0.280. The van der Waals surface area contributed by atoms with Gasteiger partial charge in [0.25, 0.3) is 5.91 Å². The molecule has 0 radical (unpaired) electrons. The molecule has 0 aromatic heterocycles. The van der Waals surface area contributed by atoms with Gasteiger partial charge in [-0.25, -0.2) is 4.79 Å². The van der Waals surface area contributed by atoms with E-state index in [-0.39, 0.29) is 18.4 Å². The predicted molar refractivity (Wildman–Crippen MR) is 102 cm³/mol. The van der Waals surface area contributed by atoms with Crippen LogP contribution in [0.4, 0.5) is 5.69 Å². The third-order valence-corrected chi connectivity index (χ3v) is 3.75. The monoisotopic (exact) mass is 355 g/mol. The minimum Gasteiger partial charge on any atom is -0.494 e. The Morgan fingerprint density at radius 3 is 2.38 bits per heavy atom. The van der Waals surface area contributed by atoms with Gasteiger partial charge in [0.05, 0.1) is 12.2 Å². The van der Waals surface area contributed by atoms with Crippen LogP contribution in [-0.2, 0) is 9.53 Å². The van der Waals surface area contributed by atoms with E-state index in [4.69, 9.17) is 9.47 Å². The highest BCUT2D eigenvalue weighted by atomic mass is 16.5. The highest BCUT2D eigenvalue weighted by molar-refractivity contribution is 5.96. The van der Waals surface area contributed by atoms with Crippen molar-refractivity contribution in [1.29, 1.82) is 0 Å². The molecule has 0 fully saturated rings. The van der Waals surface area contributed by atoms with Gasteiger partial charge in [0, 0.05) is 5.69 Å². The van der Waals surface area contributed by atoms with Crippen molar-refractivity contribution in [3.63, 3.8) is 0 Å². The summed E-state index contributed by atoms with van der Waals surface area (Å²) in [6.07, 6.45) is 0.916. The van der Waals surface area contributed by atoms with Crippen LogP contribution in [0.1, 0.15) is 49.0 Å². The first-order valence-electron chi connectivity index (χ1n) is 8.80. The summed E-state index contributed by atoms with van der Waals surface area (Å²) in [6, 6.07) is 14.3. The zero-order valence-corrected chi connectivity index (χ0v) is 15.5. The molecule has 2 aromatic carbocycles. The van der Waals surface area contributed by atoms with E-state index in [1.165, 1.54) is 0 Å². The Kier molecular flexibility index (Phi) is 7.21. The fourth-order valence-electron chi connectivity index (χ4n) is 2.42. The molecule has 0 aliphatic heterocycles. The molecule has 138 valence electrons. The Balaban J connectivity index is 1.88. The van der Waals surface area contributed by atoms with Crippen LogP contribution in [0.25, 0.3) is 0 Å². The number of hydrogen-bond acceptors (Lipinski definition) is 4. The molecule has 5 nitrogen and oxygen atoms in total. The maximum Gasteiger partial charge on any atom is 0.338 e. The zero-order chi connectivity index (χ0) is 18.9. The first kappa shape index (κ1) is 19.5. The number of benzene rings is 2. The third-order valence-electron chi connectivity index (χ3n) is 3.75. The van der Waals surface area contributed by atoms with Crippen LogP contribution in [0, 0.1) is 0 Å². The highest BCUT2D eigenvalue weighted by Gasteiger charge is 2.13. The molecule has 0 saturated carbocycles. The lowest BCUT2D eigenvalue weighted by atomic mass is 10.0. The molecule has 0 spiro atoms. The summed E-state index contributed by atoms with van der Waals surface area (Å²) in [5, 5.41) is 2.79. The first-order chi connectivity index (χ1) is 12.5. The van der Waals surface area contributed by atoms with E-state index in [1.54, 1.807) is 24.3 Å². The van der Waals surface area contributed by atoms with Gasteiger partial charge < -0.3 is 14.8 Å². The summed E-state index contributed by atoms with van der Waals surface area (Å²) in [5.41, 5.74) is 2.15. The fourth-order valence-corrected chi connectivity index (χ4v) is 2.42. The number of hydrogen-bond donors (Lipinski definition) is 1. The molecule has 0 aliphatic rings. The van der Waals surface area contributed by atoms with Crippen molar-refractivity contribution in [2.75, 3.05) is 18.5 Å². The van der Waals surface area contributed by atoms with Gasteiger partial charge in [0.1, 0.15) is 5.75 Å². The molecule has 0 heterocycles. The van der Waals surface area contributed by atoms with Gasteiger partial charge in [-0.3, -0.25) is 4.79 Å². The topological polar surface area (TPSA) is 64.6 Å². The molecular weight excluding hydrogens is 330 g/mol. The van der Waals surface area contributed by atoms with Gasteiger partial charge in [-0.2, -0.15) is 0 Å². The van der Waals surface area contributed by atoms with Crippen LogP contribution in [-0.4, -0.2) is 25.1 Å². The molecule has 0 saturated heterocycles. The molecule has 0 aliphatic carbocycles. The van der Waals surface area contributed by atoms with Crippen LogP contribution in [0.2, 0.25) is 0 Å². The Morgan fingerprint density at radius 1 is 1.04 bits per heavy atom. The highest BCUT2D eigenvalue weighted by Crippen LogP contribution is 2.23. The van der Waals surface area contributed by atoms with Gasteiger partial charge in [-0.15, -0.1) is 0 Å². The van der Waals surface area contributed by atoms with E-state index in [1.807, 2.05) is 31.2 Å². The van der Waals surface area contributed by atoms with E-state index >= 15 is 0 Å². The average molecular weight is 355 g/mol. The Bertz CT molecular complexity index is 738. The molecule has 0 atom stereocenters. The minimum atomic E-state index is -0.542. The molecule has 2 aromatic rings. The van der Waals surface area contributed by atoms with E-state index in [2.05, 4.69) is 19.2 Å². The molecule has 1 N–H and O–H groups in total. The normalized spacial score (nSPS) is 10.5. The van der Waals surface area contributed by atoms with E-state index < -0.39 is 5.97 Å². The van der Waals surface area contributed by atoms with Crippen LogP contribution >= 0.6 is 0 Å². The fraction of sp³-hybridized carbons (Fsp3) is 0.333. The number of amides is 1. The quantitative estimate of drug-likeness (QED) is 0.713. The van der Waals surface area contributed by atoms with Gasteiger partial charge >= 0.3 is 5.97 Å². The standard InChI is InChI=1S/C21H25NO4/c1-4-13-25-17-11-9-16(10-12-17)21(24)26-14-20(23)22-19-8-6-5-7-18(19)15(2)3/h5-12,15H,4,13-14H2,1-3H3,(H,22,23). The van der Waals surface area contributed by atoms with Crippen LogP contribution in [0.5, 0.6) is 5.75 Å². The van der Waals surface area contributed by atoms with Crippen molar-refractivity contribution in [2.45, 2.75) is 33.1 Å². The number of esters is 1. The second-order valence-corrected chi connectivity index (χ2v) is 6.24. The van der Waals surface area contributed by atoms with Crippen LogP contribution in [0.3, 0.4) is 0 Å². The lowest BCUT2D eigenvalue weighted by Crippen LogP contribution is -2.21. The number of rotatable bonds is 8. The molecule has 26 heavy (non-hydrogen) atoms.